The third kappa shape index (κ3) is 3.52. The van der Waals surface area contributed by atoms with Gasteiger partial charge in [-0.1, -0.05) is 30.9 Å². The van der Waals surface area contributed by atoms with Gasteiger partial charge in [-0.05, 0) is 42.0 Å². The molecule has 0 unspecified atom stereocenters. The number of hydrogen-bond donors (Lipinski definition) is 1. The van der Waals surface area contributed by atoms with Gasteiger partial charge in [0.15, 0.2) is 11.5 Å². The Morgan fingerprint density at radius 3 is 2.69 bits per heavy atom. The number of aromatic nitrogens is 1. The normalized spacial score (nSPS) is 15.3. The van der Waals surface area contributed by atoms with E-state index < -0.39 is 6.17 Å². The van der Waals surface area contributed by atoms with E-state index in [1.54, 1.807) is 30.5 Å². The summed E-state index contributed by atoms with van der Waals surface area (Å²) in [7, 11) is 1.59. The van der Waals surface area contributed by atoms with Crippen LogP contribution in [0.2, 0.25) is 0 Å². The first kappa shape index (κ1) is 18.6. The van der Waals surface area contributed by atoms with E-state index in [1.165, 1.54) is 0 Å². The van der Waals surface area contributed by atoms with Crippen LogP contribution >= 0.6 is 0 Å². The zero-order valence-electron chi connectivity index (χ0n) is 16.0. The maximum Gasteiger partial charge on any atom is 0.262 e. The van der Waals surface area contributed by atoms with Crippen LogP contribution in [-0.2, 0) is 0 Å². The van der Waals surface area contributed by atoms with E-state index in [0.717, 1.165) is 16.9 Å². The van der Waals surface area contributed by atoms with Crippen LogP contribution in [0.15, 0.2) is 79.6 Å². The molecule has 6 nitrogen and oxygen atoms in total. The number of carbonyl (C=O) groups excluding carboxylic acids is 1. The molecule has 0 fully saturated rings. The van der Waals surface area contributed by atoms with Crippen molar-refractivity contribution in [1.82, 2.24) is 4.98 Å². The summed E-state index contributed by atoms with van der Waals surface area (Å²) in [5, 5.41) is 3.48. The van der Waals surface area contributed by atoms with Crippen molar-refractivity contribution in [3.63, 3.8) is 0 Å². The number of amides is 1. The molecule has 4 rings (SSSR count). The average Bonchev–Trinajstić information content (AvgIpc) is 2.78. The Kier molecular flexibility index (Phi) is 5.16. The number of nitrogens with zero attached hydrogens (tertiary/aromatic N) is 2. The summed E-state index contributed by atoms with van der Waals surface area (Å²) in [6, 6.07) is 16.8. The van der Waals surface area contributed by atoms with Crippen LogP contribution in [-0.4, -0.2) is 24.6 Å². The number of anilines is 2. The number of ether oxygens (including phenoxy) is 2. The molecule has 29 heavy (non-hydrogen) atoms. The van der Waals surface area contributed by atoms with E-state index in [2.05, 4.69) is 16.9 Å². The largest absolute Gasteiger partial charge is 0.493 e. The molecule has 0 aliphatic carbocycles. The molecule has 0 radical (unpaired) electrons. The first-order valence-corrected chi connectivity index (χ1v) is 9.23. The van der Waals surface area contributed by atoms with Crippen molar-refractivity contribution in [1.29, 1.82) is 0 Å². The van der Waals surface area contributed by atoms with E-state index in [1.807, 2.05) is 54.6 Å². The second kappa shape index (κ2) is 8.06. The first-order chi connectivity index (χ1) is 14.2. The summed E-state index contributed by atoms with van der Waals surface area (Å²) in [4.78, 5) is 19.2. The molecule has 2 heterocycles. The molecule has 1 N–H and O–H groups in total. The van der Waals surface area contributed by atoms with Gasteiger partial charge in [0.1, 0.15) is 12.8 Å². The van der Waals surface area contributed by atoms with Crippen molar-refractivity contribution >= 4 is 17.3 Å². The number of carbonyl (C=O) groups is 1. The van der Waals surface area contributed by atoms with Crippen LogP contribution in [0.5, 0.6) is 11.5 Å². The molecule has 0 spiro atoms. The molecule has 1 aromatic heterocycles. The molecule has 2 aromatic carbocycles. The van der Waals surface area contributed by atoms with E-state index in [4.69, 9.17) is 9.47 Å². The summed E-state index contributed by atoms with van der Waals surface area (Å²) < 4.78 is 11.2. The maximum absolute atomic E-state index is 13.4. The van der Waals surface area contributed by atoms with Gasteiger partial charge in [0.25, 0.3) is 5.91 Å². The van der Waals surface area contributed by atoms with Crippen LogP contribution < -0.4 is 19.7 Å². The van der Waals surface area contributed by atoms with Crippen molar-refractivity contribution in [2.75, 3.05) is 23.9 Å². The molecule has 6 heteroatoms. The predicted octanol–water partition coefficient (Wildman–Crippen LogP) is 4.43. The molecular formula is C23H21N3O3. The third-order valence-corrected chi connectivity index (χ3v) is 4.73. The Morgan fingerprint density at radius 1 is 1.14 bits per heavy atom. The fourth-order valence-corrected chi connectivity index (χ4v) is 3.38. The van der Waals surface area contributed by atoms with Gasteiger partial charge in [0.2, 0.25) is 0 Å². The first-order valence-electron chi connectivity index (χ1n) is 9.23. The minimum Gasteiger partial charge on any atom is -0.493 e. The molecule has 1 aliphatic heterocycles. The van der Waals surface area contributed by atoms with E-state index in [-0.39, 0.29) is 5.91 Å². The molecule has 1 atom stereocenters. The molecule has 3 aromatic rings. The topological polar surface area (TPSA) is 63.7 Å². The van der Waals surface area contributed by atoms with Crippen molar-refractivity contribution in [2.45, 2.75) is 6.17 Å². The number of nitrogens with one attached hydrogen (secondary N) is 1. The lowest BCUT2D eigenvalue weighted by Gasteiger charge is -2.38. The van der Waals surface area contributed by atoms with Gasteiger partial charge in [-0.3, -0.25) is 14.7 Å². The third-order valence-electron chi connectivity index (χ3n) is 4.73. The Bertz CT molecular complexity index is 1040. The van der Waals surface area contributed by atoms with Crippen LogP contribution in [0.1, 0.15) is 22.1 Å². The SMILES string of the molecule is C=CCOc1ccc([C@@H]2Nc3ccccc3C(=O)N2c2ccncc2)cc1OC. The molecule has 0 saturated heterocycles. The minimum atomic E-state index is -0.415. The summed E-state index contributed by atoms with van der Waals surface area (Å²) in [5.41, 5.74) is 3.03. The highest BCUT2D eigenvalue weighted by molar-refractivity contribution is 6.12. The molecule has 0 saturated carbocycles. The van der Waals surface area contributed by atoms with Crippen LogP contribution in [0, 0.1) is 0 Å². The van der Waals surface area contributed by atoms with Gasteiger partial charge in [-0.25, -0.2) is 0 Å². The van der Waals surface area contributed by atoms with Crippen molar-refractivity contribution in [2.24, 2.45) is 0 Å². The van der Waals surface area contributed by atoms with Crippen LogP contribution in [0.3, 0.4) is 0 Å². The Hall–Kier alpha value is -3.80. The number of pyridine rings is 1. The zero-order chi connectivity index (χ0) is 20.2. The number of methoxy groups -OCH3 is 1. The lowest BCUT2D eigenvalue weighted by Crippen LogP contribution is -2.43. The van der Waals surface area contributed by atoms with Gasteiger partial charge in [-0.2, -0.15) is 0 Å². The number of para-hydroxylation sites is 1. The standard InChI is InChI=1S/C23H21N3O3/c1-3-14-29-20-9-8-16(15-21(20)28-2)22-25-19-7-5-4-6-18(19)23(27)26(22)17-10-12-24-13-11-17/h3-13,15,22,25H,1,14H2,2H3/t22-/m1/s1. The van der Waals surface area contributed by atoms with Crippen molar-refractivity contribution in [3.05, 3.63) is 90.8 Å². The smallest absolute Gasteiger partial charge is 0.262 e. The van der Waals surface area contributed by atoms with Gasteiger partial charge < -0.3 is 14.8 Å². The highest BCUT2D eigenvalue weighted by Crippen LogP contribution is 2.39. The number of rotatable bonds is 6. The van der Waals surface area contributed by atoms with Gasteiger partial charge in [0, 0.05) is 23.8 Å². The lowest BCUT2D eigenvalue weighted by atomic mass is 10.0. The van der Waals surface area contributed by atoms with Gasteiger partial charge in [0.05, 0.1) is 12.7 Å². The fraction of sp³-hybridized carbons (Fsp3) is 0.130. The minimum absolute atomic E-state index is 0.0819. The second-order valence-electron chi connectivity index (χ2n) is 6.48. The molecular weight excluding hydrogens is 366 g/mol. The predicted molar refractivity (Wildman–Crippen MR) is 113 cm³/mol. The molecule has 1 aliphatic rings. The summed E-state index contributed by atoms with van der Waals surface area (Å²) in [6.45, 7) is 4.05. The Balaban J connectivity index is 1.80. The molecule has 1 amide bonds. The number of fused-ring (bicyclic) bond motifs is 1. The van der Waals surface area contributed by atoms with Crippen LogP contribution in [0.4, 0.5) is 11.4 Å². The van der Waals surface area contributed by atoms with Crippen molar-refractivity contribution in [3.8, 4) is 11.5 Å². The Labute approximate surface area is 169 Å². The highest BCUT2D eigenvalue weighted by Gasteiger charge is 2.34. The van der Waals surface area contributed by atoms with Gasteiger partial charge in [-0.15, -0.1) is 0 Å². The quantitative estimate of drug-likeness (QED) is 0.634. The Morgan fingerprint density at radius 2 is 1.93 bits per heavy atom. The number of benzene rings is 2. The van der Waals surface area contributed by atoms with E-state index in [0.29, 0.717) is 23.7 Å². The van der Waals surface area contributed by atoms with E-state index in [9.17, 15) is 4.79 Å². The molecule has 0 bridgehead atoms. The summed E-state index contributed by atoms with van der Waals surface area (Å²) in [6.07, 6.45) is 4.61. The number of hydrogen-bond acceptors (Lipinski definition) is 5. The summed E-state index contributed by atoms with van der Waals surface area (Å²) >= 11 is 0. The molecule has 146 valence electrons. The maximum atomic E-state index is 13.4. The lowest BCUT2D eigenvalue weighted by molar-refractivity contribution is 0.0975. The average molecular weight is 387 g/mol. The van der Waals surface area contributed by atoms with Crippen LogP contribution in [0.25, 0.3) is 0 Å². The monoisotopic (exact) mass is 387 g/mol. The highest BCUT2D eigenvalue weighted by atomic mass is 16.5. The zero-order valence-corrected chi connectivity index (χ0v) is 16.0. The van der Waals surface area contributed by atoms with Crippen molar-refractivity contribution < 1.29 is 14.3 Å². The second-order valence-corrected chi connectivity index (χ2v) is 6.48. The van der Waals surface area contributed by atoms with Gasteiger partial charge >= 0.3 is 0 Å². The summed E-state index contributed by atoms with van der Waals surface area (Å²) in [5.74, 6) is 1.13. The van der Waals surface area contributed by atoms with E-state index >= 15 is 0 Å². The fourth-order valence-electron chi connectivity index (χ4n) is 3.38.